The Morgan fingerprint density at radius 2 is 1.71 bits per heavy atom. The van der Waals surface area contributed by atoms with Crippen LogP contribution in [0, 0.1) is 5.92 Å². The van der Waals surface area contributed by atoms with Crippen molar-refractivity contribution >= 4 is 0 Å². The molecule has 0 aliphatic heterocycles. The Morgan fingerprint density at radius 1 is 1.12 bits per heavy atom. The van der Waals surface area contributed by atoms with Gasteiger partial charge in [-0.15, -0.1) is 0 Å². The molecule has 2 nitrogen and oxygen atoms in total. The zero-order valence-electron chi connectivity index (χ0n) is 11.7. The van der Waals surface area contributed by atoms with Crippen molar-refractivity contribution in [2.45, 2.75) is 33.2 Å². The molecule has 0 radical (unpaired) electrons. The van der Waals surface area contributed by atoms with E-state index in [9.17, 15) is 0 Å². The Balaban J connectivity index is 2.58. The van der Waals surface area contributed by atoms with Crippen molar-refractivity contribution in [3.8, 4) is 5.75 Å². The van der Waals surface area contributed by atoms with Crippen LogP contribution in [-0.2, 0) is 0 Å². The summed E-state index contributed by atoms with van der Waals surface area (Å²) in [6, 6.07) is 8.81. The van der Waals surface area contributed by atoms with Crippen LogP contribution in [0.2, 0.25) is 0 Å². The normalized spacial score (nSPS) is 13.1. The third kappa shape index (κ3) is 4.39. The number of hydrogen-bond acceptors (Lipinski definition) is 2. The van der Waals surface area contributed by atoms with Crippen molar-refractivity contribution < 1.29 is 4.74 Å². The van der Waals surface area contributed by atoms with E-state index in [0.29, 0.717) is 6.04 Å². The van der Waals surface area contributed by atoms with Gasteiger partial charge in [0, 0.05) is 6.04 Å². The second-order valence-corrected chi connectivity index (χ2v) is 5.11. The molecule has 1 aromatic carbocycles. The zero-order chi connectivity index (χ0) is 12.8. The Labute approximate surface area is 106 Å². The largest absolute Gasteiger partial charge is 0.497 e. The molecule has 0 bridgehead atoms. The highest BCUT2D eigenvalue weighted by molar-refractivity contribution is 5.28. The van der Waals surface area contributed by atoms with Gasteiger partial charge in [-0.05, 0) is 50.6 Å². The molecule has 1 rings (SSSR count). The number of ether oxygens (including phenoxy) is 1. The second-order valence-electron chi connectivity index (χ2n) is 5.11. The Morgan fingerprint density at radius 3 is 2.18 bits per heavy atom. The highest BCUT2D eigenvalue weighted by atomic mass is 16.5. The molecule has 17 heavy (non-hydrogen) atoms. The molecule has 0 aromatic heterocycles. The van der Waals surface area contributed by atoms with Gasteiger partial charge in [-0.2, -0.15) is 0 Å². The molecule has 1 atom stereocenters. The smallest absolute Gasteiger partial charge is 0.118 e. The van der Waals surface area contributed by atoms with Crippen LogP contribution in [-0.4, -0.2) is 25.6 Å². The zero-order valence-corrected chi connectivity index (χ0v) is 11.7. The summed E-state index contributed by atoms with van der Waals surface area (Å²) in [5, 5.41) is 0. The number of hydrogen-bond donors (Lipinski definition) is 0. The van der Waals surface area contributed by atoms with E-state index in [1.165, 1.54) is 12.0 Å². The van der Waals surface area contributed by atoms with E-state index < -0.39 is 0 Å². The lowest BCUT2D eigenvalue weighted by molar-refractivity contribution is 0.246. The van der Waals surface area contributed by atoms with Gasteiger partial charge in [-0.3, -0.25) is 4.90 Å². The lowest BCUT2D eigenvalue weighted by Gasteiger charge is -2.25. The number of methoxy groups -OCH3 is 1. The fourth-order valence-corrected chi connectivity index (χ4v) is 1.79. The van der Waals surface area contributed by atoms with Gasteiger partial charge in [0.15, 0.2) is 0 Å². The topological polar surface area (TPSA) is 12.5 Å². The first kappa shape index (κ1) is 14.0. The summed E-state index contributed by atoms with van der Waals surface area (Å²) in [6.07, 6.45) is 1.25. The molecule has 1 aromatic rings. The summed E-state index contributed by atoms with van der Waals surface area (Å²) in [5.74, 6) is 1.69. The monoisotopic (exact) mass is 235 g/mol. The van der Waals surface area contributed by atoms with Crippen LogP contribution >= 0.6 is 0 Å². The van der Waals surface area contributed by atoms with Gasteiger partial charge in [-0.1, -0.05) is 26.0 Å². The first-order valence-corrected chi connectivity index (χ1v) is 6.38. The quantitative estimate of drug-likeness (QED) is 0.745. The van der Waals surface area contributed by atoms with E-state index in [4.69, 9.17) is 4.74 Å². The van der Waals surface area contributed by atoms with Crippen LogP contribution in [0.5, 0.6) is 5.75 Å². The SMILES string of the molecule is COc1ccc(C(C)N(C)CCC(C)C)cc1. The van der Waals surface area contributed by atoms with Crippen LogP contribution in [0.1, 0.15) is 38.8 Å². The average Bonchev–Trinajstić information content (AvgIpc) is 2.35. The van der Waals surface area contributed by atoms with E-state index in [1.807, 2.05) is 12.1 Å². The van der Waals surface area contributed by atoms with E-state index in [1.54, 1.807) is 7.11 Å². The number of nitrogens with zero attached hydrogens (tertiary/aromatic N) is 1. The van der Waals surface area contributed by atoms with Crippen molar-refractivity contribution in [3.63, 3.8) is 0 Å². The van der Waals surface area contributed by atoms with Gasteiger partial charge in [-0.25, -0.2) is 0 Å². The fraction of sp³-hybridized carbons (Fsp3) is 0.600. The van der Waals surface area contributed by atoms with Crippen molar-refractivity contribution in [2.75, 3.05) is 20.7 Å². The summed E-state index contributed by atoms with van der Waals surface area (Å²) < 4.78 is 5.17. The first-order chi connectivity index (χ1) is 8.04. The highest BCUT2D eigenvalue weighted by Crippen LogP contribution is 2.22. The van der Waals surface area contributed by atoms with E-state index in [-0.39, 0.29) is 0 Å². The maximum atomic E-state index is 5.17. The van der Waals surface area contributed by atoms with Crippen LogP contribution < -0.4 is 4.74 Å². The minimum atomic E-state index is 0.458. The number of rotatable bonds is 6. The molecule has 0 fully saturated rings. The summed E-state index contributed by atoms with van der Waals surface area (Å²) in [5.41, 5.74) is 1.34. The predicted molar refractivity (Wildman–Crippen MR) is 73.5 cm³/mol. The van der Waals surface area contributed by atoms with Gasteiger partial charge in [0.25, 0.3) is 0 Å². The van der Waals surface area contributed by atoms with Gasteiger partial charge < -0.3 is 4.74 Å². The third-order valence-corrected chi connectivity index (χ3v) is 3.32. The van der Waals surface area contributed by atoms with Crippen molar-refractivity contribution in [3.05, 3.63) is 29.8 Å². The Kier molecular flexibility index (Phi) is 5.49. The van der Waals surface area contributed by atoms with Gasteiger partial charge in [0.05, 0.1) is 7.11 Å². The molecular formula is C15H25NO. The van der Waals surface area contributed by atoms with Gasteiger partial charge in [0.2, 0.25) is 0 Å². The highest BCUT2D eigenvalue weighted by Gasteiger charge is 2.11. The second kappa shape index (κ2) is 6.65. The minimum Gasteiger partial charge on any atom is -0.497 e. The van der Waals surface area contributed by atoms with Crippen molar-refractivity contribution in [1.82, 2.24) is 4.90 Å². The summed E-state index contributed by atoms with van der Waals surface area (Å²) in [6.45, 7) is 7.94. The lowest BCUT2D eigenvalue weighted by Crippen LogP contribution is -2.24. The predicted octanol–water partition coefficient (Wildman–Crippen LogP) is 3.73. The maximum absolute atomic E-state index is 5.17. The minimum absolute atomic E-state index is 0.458. The first-order valence-electron chi connectivity index (χ1n) is 6.38. The van der Waals surface area contributed by atoms with Crippen molar-refractivity contribution in [2.24, 2.45) is 5.92 Å². The summed E-state index contributed by atoms with van der Waals surface area (Å²) in [4.78, 5) is 2.40. The molecule has 2 heteroatoms. The molecule has 0 heterocycles. The fourth-order valence-electron chi connectivity index (χ4n) is 1.79. The molecule has 0 saturated carbocycles. The van der Waals surface area contributed by atoms with E-state index >= 15 is 0 Å². The van der Waals surface area contributed by atoms with Crippen LogP contribution in [0.4, 0.5) is 0 Å². The third-order valence-electron chi connectivity index (χ3n) is 3.32. The molecule has 0 N–H and O–H groups in total. The van der Waals surface area contributed by atoms with Crippen LogP contribution in [0.25, 0.3) is 0 Å². The van der Waals surface area contributed by atoms with Crippen LogP contribution in [0.3, 0.4) is 0 Å². The lowest BCUT2D eigenvalue weighted by atomic mass is 10.1. The standard InChI is InChI=1S/C15H25NO/c1-12(2)10-11-16(4)13(3)14-6-8-15(17-5)9-7-14/h6-9,12-13H,10-11H2,1-5H3. The molecular weight excluding hydrogens is 210 g/mol. The molecule has 0 aliphatic rings. The average molecular weight is 235 g/mol. The molecule has 0 spiro atoms. The number of benzene rings is 1. The van der Waals surface area contributed by atoms with Crippen LogP contribution in [0.15, 0.2) is 24.3 Å². The van der Waals surface area contributed by atoms with E-state index in [2.05, 4.69) is 44.9 Å². The molecule has 96 valence electrons. The summed E-state index contributed by atoms with van der Waals surface area (Å²) >= 11 is 0. The van der Waals surface area contributed by atoms with Crippen molar-refractivity contribution in [1.29, 1.82) is 0 Å². The maximum Gasteiger partial charge on any atom is 0.118 e. The molecule has 0 amide bonds. The van der Waals surface area contributed by atoms with Gasteiger partial charge in [0.1, 0.15) is 5.75 Å². The Bertz CT molecular complexity index is 318. The Hall–Kier alpha value is -1.02. The molecule has 0 aliphatic carbocycles. The molecule has 0 saturated heterocycles. The molecule has 1 unspecified atom stereocenters. The van der Waals surface area contributed by atoms with E-state index in [0.717, 1.165) is 18.2 Å². The van der Waals surface area contributed by atoms with Gasteiger partial charge >= 0.3 is 0 Å². The summed E-state index contributed by atoms with van der Waals surface area (Å²) in [7, 11) is 3.89.